The van der Waals surface area contributed by atoms with E-state index in [1.165, 1.54) is 61.4 Å². The number of hydrogen-bond donors (Lipinski definition) is 1. The van der Waals surface area contributed by atoms with Crippen LogP contribution in [0.1, 0.15) is 66.5 Å². The number of aromatic nitrogens is 2. The molecule has 54 heavy (non-hydrogen) atoms. The van der Waals surface area contributed by atoms with Gasteiger partial charge in [0.05, 0.1) is 16.7 Å². The number of ketones is 1. The van der Waals surface area contributed by atoms with Gasteiger partial charge in [-0.25, -0.2) is 0 Å². The van der Waals surface area contributed by atoms with E-state index in [0.29, 0.717) is 0 Å². The molecule has 8 rings (SSSR count). The van der Waals surface area contributed by atoms with E-state index in [1.807, 2.05) is 72.0 Å². The molecule has 0 spiro atoms. The summed E-state index contributed by atoms with van der Waals surface area (Å²) in [5.74, 6) is 0.104. The quantitative estimate of drug-likeness (QED) is 0.109. The van der Waals surface area contributed by atoms with Gasteiger partial charge in [-0.2, -0.15) is 0 Å². The van der Waals surface area contributed by atoms with E-state index in [0.717, 1.165) is 16.8 Å². The normalized spacial score (nSPS) is 13.4. The number of benzene rings is 5. The Labute approximate surface area is 333 Å². The SMILES string of the molecule is CC(C)(C)C(=O)C=C(O)C(C)(C)C.CC1(C)c2ccccc2-n2c3ccc(-c4cc[c-]c(-c5ccccn5)c4)cc3c3cc(-c4ccccc4)cc1c32.[Ir]. The molecule has 4 nitrogen and oxygen atoms in total. The second kappa shape index (κ2) is 14.6. The smallest absolute Gasteiger partial charge is 0.164 e. The summed E-state index contributed by atoms with van der Waals surface area (Å²) in [6.45, 7) is 15.8. The Hall–Kier alpha value is -5.09. The summed E-state index contributed by atoms with van der Waals surface area (Å²) in [7, 11) is 0. The maximum Gasteiger partial charge on any atom is 0.164 e. The van der Waals surface area contributed by atoms with Crippen LogP contribution in [0.2, 0.25) is 0 Å². The molecule has 0 saturated heterocycles. The standard InChI is InChI=1S/C38H27N2.C11H20O2.Ir/c1-38(2)32-15-6-7-17-36(32)40-35-19-18-27(26-13-10-14-28(21-26)34-16-8-9-20-39-34)22-30(35)31-23-29(24-33(38)37(31)40)25-11-4-3-5-12-25;1-10(2,3)8(12)7-9(13)11(4,5)6;/h3-13,15-24H,1-2H3;7,12H,1-6H3;/q-1;;. The summed E-state index contributed by atoms with van der Waals surface area (Å²) in [6.07, 6.45) is 3.17. The van der Waals surface area contributed by atoms with Crippen molar-refractivity contribution in [3.05, 3.63) is 157 Å². The number of carbonyl (C=O) groups excluding carboxylic acids is 1. The number of rotatable bonds is 4. The average Bonchev–Trinajstić information content (AvgIpc) is 3.48. The molecule has 3 heterocycles. The van der Waals surface area contributed by atoms with Crippen molar-refractivity contribution < 1.29 is 30.0 Å². The first-order valence-corrected chi connectivity index (χ1v) is 18.3. The zero-order valence-electron chi connectivity index (χ0n) is 32.3. The minimum Gasteiger partial charge on any atom is -0.512 e. The van der Waals surface area contributed by atoms with Gasteiger partial charge in [0, 0.05) is 59.4 Å². The number of para-hydroxylation sites is 1. The van der Waals surface area contributed by atoms with E-state index in [1.54, 1.807) is 0 Å². The van der Waals surface area contributed by atoms with Crippen molar-refractivity contribution in [2.75, 3.05) is 0 Å². The van der Waals surface area contributed by atoms with Crippen molar-refractivity contribution in [2.24, 2.45) is 10.8 Å². The van der Waals surface area contributed by atoms with Gasteiger partial charge < -0.3 is 14.7 Å². The summed E-state index contributed by atoms with van der Waals surface area (Å²) in [5.41, 5.74) is 12.4. The van der Waals surface area contributed by atoms with Crippen LogP contribution in [0, 0.1) is 16.9 Å². The third kappa shape index (κ3) is 7.23. The van der Waals surface area contributed by atoms with Gasteiger partial charge >= 0.3 is 0 Å². The van der Waals surface area contributed by atoms with Crippen molar-refractivity contribution in [1.82, 2.24) is 9.55 Å². The number of carbonyl (C=O) groups is 1. The zero-order valence-corrected chi connectivity index (χ0v) is 34.7. The number of aliphatic hydroxyl groups is 1. The molecule has 275 valence electrons. The van der Waals surface area contributed by atoms with E-state index in [2.05, 4.69) is 127 Å². The Balaban J connectivity index is 0.000000308. The van der Waals surface area contributed by atoms with Crippen LogP contribution in [0.25, 0.3) is 61.0 Å². The summed E-state index contributed by atoms with van der Waals surface area (Å²) in [6, 6.07) is 47.1. The van der Waals surface area contributed by atoms with Crippen molar-refractivity contribution in [1.29, 1.82) is 0 Å². The van der Waals surface area contributed by atoms with Crippen molar-refractivity contribution in [2.45, 2.75) is 60.8 Å². The third-order valence-electron chi connectivity index (χ3n) is 10.3. The van der Waals surface area contributed by atoms with Gasteiger partial charge in [-0.3, -0.25) is 4.79 Å². The third-order valence-corrected chi connectivity index (χ3v) is 10.3. The molecule has 0 atom stereocenters. The Kier molecular flexibility index (Phi) is 10.5. The second-order valence-corrected chi connectivity index (χ2v) is 16.6. The van der Waals surface area contributed by atoms with Gasteiger partial charge in [0.15, 0.2) is 5.78 Å². The largest absolute Gasteiger partial charge is 0.512 e. The number of nitrogens with zero attached hydrogens (tertiary/aromatic N) is 2. The average molecular weight is 888 g/mol. The maximum atomic E-state index is 11.5. The van der Waals surface area contributed by atoms with Crippen LogP contribution in [-0.2, 0) is 30.3 Å². The molecule has 7 aromatic rings. The van der Waals surface area contributed by atoms with Crippen LogP contribution in [0.15, 0.2) is 139 Å². The van der Waals surface area contributed by atoms with Crippen LogP contribution in [0.3, 0.4) is 0 Å². The van der Waals surface area contributed by atoms with Crippen LogP contribution >= 0.6 is 0 Å². The zero-order chi connectivity index (χ0) is 37.7. The molecule has 0 saturated carbocycles. The van der Waals surface area contributed by atoms with E-state index >= 15 is 0 Å². The van der Waals surface area contributed by atoms with E-state index in [9.17, 15) is 9.90 Å². The molecular formula is C49H47IrN2O2-. The monoisotopic (exact) mass is 888 g/mol. The fraction of sp³-hybridized carbons (Fsp3) is 0.224. The molecule has 1 aliphatic heterocycles. The van der Waals surface area contributed by atoms with Crippen molar-refractivity contribution in [3.63, 3.8) is 0 Å². The molecule has 1 radical (unpaired) electrons. The summed E-state index contributed by atoms with van der Waals surface area (Å²) >= 11 is 0. The minimum absolute atomic E-state index is 0. The fourth-order valence-electron chi connectivity index (χ4n) is 7.07. The molecule has 0 unspecified atom stereocenters. The summed E-state index contributed by atoms with van der Waals surface area (Å²) in [4.78, 5) is 16.0. The number of pyridine rings is 1. The first-order valence-electron chi connectivity index (χ1n) is 18.3. The Morgan fingerprint density at radius 1 is 0.704 bits per heavy atom. The molecule has 1 aliphatic rings. The molecule has 5 aromatic carbocycles. The van der Waals surface area contributed by atoms with Crippen LogP contribution in [-0.4, -0.2) is 20.4 Å². The molecule has 0 aliphatic carbocycles. The molecule has 5 heteroatoms. The summed E-state index contributed by atoms with van der Waals surface area (Å²) in [5, 5.41) is 12.1. The van der Waals surface area contributed by atoms with Gasteiger partial charge in [-0.1, -0.05) is 122 Å². The number of fused-ring (bicyclic) bond motifs is 5. The minimum atomic E-state index is -0.417. The topological polar surface area (TPSA) is 55.1 Å². The molecule has 1 N–H and O–H groups in total. The molecule has 0 bridgehead atoms. The number of allylic oxidation sites excluding steroid dienone is 2. The Morgan fingerprint density at radius 2 is 1.37 bits per heavy atom. The first-order chi connectivity index (χ1) is 25.1. The molecule has 0 amide bonds. The second-order valence-electron chi connectivity index (χ2n) is 16.6. The van der Waals surface area contributed by atoms with E-state index in [-0.39, 0.29) is 42.5 Å². The number of hydrogen-bond acceptors (Lipinski definition) is 3. The van der Waals surface area contributed by atoms with E-state index < -0.39 is 5.41 Å². The van der Waals surface area contributed by atoms with Crippen LogP contribution < -0.4 is 0 Å². The Bertz CT molecular complexity index is 2510. The van der Waals surface area contributed by atoms with Crippen molar-refractivity contribution in [3.8, 4) is 39.2 Å². The fourth-order valence-corrected chi connectivity index (χ4v) is 7.07. The predicted octanol–water partition coefficient (Wildman–Crippen LogP) is 12.7. The Morgan fingerprint density at radius 3 is 2.06 bits per heavy atom. The number of aliphatic hydroxyl groups excluding tert-OH is 1. The van der Waals surface area contributed by atoms with Gasteiger partial charge in [0.25, 0.3) is 0 Å². The molecule has 2 aromatic heterocycles. The molecular weight excluding hydrogens is 841 g/mol. The predicted molar refractivity (Wildman–Crippen MR) is 220 cm³/mol. The van der Waals surface area contributed by atoms with Gasteiger partial charge in [0.2, 0.25) is 0 Å². The molecule has 0 fully saturated rings. The van der Waals surface area contributed by atoms with Crippen molar-refractivity contribution >= 4 is 27.6 Å². The first kappa shape index (κ1) is 38.6. The van der Waals surface area contributed by atoms with E-state index in [4.69, 9.17) is 0 Å². The van der Waals surface area contributed by atoms with Gasteiger partial charge in [-0.15, -0.1) is 35.4 Å². The summed E-state index contributed by atoms with van der Waals surface area (Å²) < 4.78 is 2.48. The van der Waals surface area contributed by atoms with Crippen LogP contribution in [0.5, 0.6) is 0 Å². The maximum absolute atomic E-state index is 11.5. The van der Waals surface area contributed by atoms with Crippen LogP contribution in [0.4, 0.5) is 0 Å². The van der Waals surface area contributed by atoms with Gasteiger partial charge in [0.1, 0.15) is 5.76 Å². The van der Waals surface area contributed by atoms with Gasteiger partial charge in [-0.05, 0) is 69.9 Å².